The SMILES string of the molecule is COC(=O)c1sc(-c2cc(Br)cc([N+](=O)[O-])c2)cc1N. The second-order valence-corrected chi connectivity index (χ2v) is 5.81. The molecule has 0 spiro atoms. The summed E-state index contributed by atoms with van der Waals surface area (Å²) in [7, 11) is 1.27. The number of nitro benzene ring substituents is 1. The Morgan fingerprint density at radius 1 is 1.40 bits per heavy atom. The highest BCUT2D eigenvalue weighted by atomic mass is 79.9. The van der Waals surface area contributed by atoms with Crippen LogP contribution in [0.25, 0.3) is 10.4 Å². The second-order valence-electron chi connectivity index (χ2n) is 3.84. The van der Waals surface area contributed by atoms with Gasteiger partial charge in [0.15, 0.2) is 0 Å². The van der Waals surface area contributed by atoms with Gasteiger partial charge < -0.3 is 10.5 Å². The number of ether oxygens (including phenoxy) is 1. The zero-order chi connectivity index (χ0) is 14.9. The van der Waals surface area contributed by atoms with E-state index in [1.165, 1.54) is 19.2 Å². The number of nitrogens with zero attached hydrogens (tertiary/aromatic N) is 1. The molecule has 0 aliphatic carbocycles. The molecule has 2 rings (SSSR count). The van der Waals surface area contributed by atoms with Gasteiger partial charge in [0.1, 0.15) is 4.88 Å². The van der Waals surface area contributed by atoms with Gasteiger partial charge in [-0.15, -0.1) is 11.3 Å². The van der Waals surface area contributed by atoms with Crippen LogP contribution in [0.5, 0.6) is 0 Å². The number of nitro groups is 1. The van der Waals surface area contributed by atoms with Crippen molar-refractivity contribution in [1.82, 2.24) is 0 Å². The third kappa shape index (κ3) is 2.81. The third-order valence-electron chi connectivity index (χ3n) is 2.51. The summed E-state index contributed by atoms with van der Waals surface area (Å²) in [5, 5.41) is 10.9. The molecule has 2 N–H and O–H groups in total. The number of non-ortho nitro benzene ring substituents is 1. The normalized spacial score (nSPS) is 10.3. The summed E-state index contributed by atoms with van der Waals surface area (Å²) in [5.74, 6) is -0.525. The molecule has 8 heteroatoms. The Morgan fingerprint density at radius 3 is 2.70 bits per heavy atom. The number of methoxy groups -OCH3 is 1. The van der Waals surface area contributed by atoms with E-state index >= 15 is 0 Å². The molecule has 0 aliphatic heterocycles. The van der Waals surface area contributed by atoms with Gasteiger partial charge in [0.2, 0.25) is 0 Å². The maximum atomic E-state index is 11.5. The Hall–Kier alpha value is -1.93. The molecular weight excluding hydrogens is 348 g/mol. The molecule has 0 radical (unpaired) electrons. The first kappa shape index (κ1) is 14.5. The smallest absolute Gasteiger partial charge is 0.350 e. The third-order valence-corrected chi connectivity index (χ3v) is 4.15. The van der Waals surface area contributed by atoms with Gasteiger partial charge in [0, 0.05) is 21.5 Å². The molecule has 0 fully saturated rings. The topological polar surface area (TPSA) is 95.5 Å². The summed E-state index contributed by atoms with van der Waals surface area (Å²) in [5.41, 5.74) is 6.61. The Balaban J connectivity index is 2.52. The number of rotatable bonds is 3. The van der Waals surface area contributed by atoms with Crippen LogP contribution >= 0.6 is 27.3 Å². The molecule has 20 heavy (non-hydrogen) atoms. The van der Waals surface area contributed by atoms with Crippen LogP contribution in [0.15, 0.2) is 28.7 Å². The molecule has 6 nitrogen and oxygen atoms in total. The number of hydrogen-bond donors (Lipinski definition) is 1. The fraction of sp³-hybridized carbons (Fsp3) is 0.0833. The molecule has 1 heterocycles. The van der Waals surface area contributed by atoms with E-state index in [2.05, 4.69) is 20.7 Å². The van der Waals surface area contributed by atoms with Crippen LogP contribution in [0, 0.1) is 10.1 Å². The van der Waals surface area contributed by atoms with Crippen LogP contribution in [-0.4, -0.2) is 18.0 Å². The molecule has 1 aromatic heterocycles. The fourth-order valence-electron chi connectivity index (χ4n) is 1.62. The van der Waals surface area contributed by atoms with Crippen molar-refractivity contribution in [2.24, 2.45) is 0 Å². The minimum Gasteiger partial charge on any atom is -0.465 e. The highest BCUT2D eigenvalue weighted by molar-refractivity contribution is 9.10. The van der Waals surface area contributed by atoms with Gasteiger partial charge in [0.25, 0.3) is 5.69 Å². The molecule has 0 bridgehead atoms. The number of anilines is 1. The average Bonchev–Trinajstić information content (AvgIpc) is 2.79. The Bertz CT molecular complexity index is 699. The van der Waals surface area contributed by atoms with E-state index in [1.54, 1.807) is 12.1 Å². The lowest BCUT2D eigenvalue weighted by Crippen LogP contribution is -2.00. The molecule has 0 aliphatic rings. The number of carbonyl (C=O) groups excluding carboxylic acids is 1. The van der Waals surface area contributed by atoms with Crippen molar-refractivity contribution < 1.29 is 14.5 Å². The van der Waals surface area contributed by atoms with Crippen LogP contribution < -0.4 is 5.73 Å². The minimum absolute atomic E-state index is 0.0408. The highest BCUT2D eigenvalue weighted by Crippen LogP contribution is 2.36. The van der Waals surface area contributed by atoms with E-state index in [1.807, 2.05) is 0 Å². The number of hydrogen-bond acceptors (Lipinski definition) is 6. The summed E-state index contributed by atoms with van der Waals surface area (Å²) >= 11 is 4.36. The molecule has 0 saturated carbocycles. The number of esters is 1. The van der Waals surface area contributed by atoms with Crippen molar-refractivity contribution in [2.75, 3.05) is 12.8 Å². The van der Waals surface area contributed by atoms with Gasteiger partial charge in [-0.2, -0.15) is 0 Å². The van der Waals surface area contributed by atoms with E-state index in [-0.39, 0.29) is 10.6 Å². The predicted octanol–water partition coefficient (Wildman–Crippen LogP) is 3.45. The average molecular weight is 357 g/mol. The number of nitrogens with two attached hydrogens (primary N) is 1. The lowest BCUT2D eigenvalue weighted by atomic mass is 10.1. The quantitative estimate of drug-likeness (QED) is 0.516. The van der Waals surface area contributed by atoms with Crippen LogP contribution in [0.4, 0.5) is 11.4 Å². The van der Waals surface area contributed by atoms with Crippen molar-refractivity contribution in [1.29, 1.82) is 0 Å². The molecule has 1 aromatic carbocycles. The lowest BCUT2D eigenvalue weighted by Gasteiger charge is -1.99. The van der Waals surface area contributed by atoms with Crippen LogP contribution in [0.1, 0.15) is 9.67 Å². The summed E-state index contributed by atoms with van der Waals surface area (Å²) in [6.07, 6.45) is 0. The van der Waals surface area contributed by atoms with E-state index in [0.717, 1.165) is 11.3 Å². The standard InChI is InChI=1S/C12H9BrN2O4S/c1-19-12(16)11-9(14)5-10(20-11)6-2-7(13)4-8(3-6)15(17)18/h2-5H,14H2,1H3. The summed E-state index contributed by atoms with van der Waals surface area (Å²) in [6.45, 7) is 0. The summed E-state index contributed by atoms with van der Waals surface area (Å²) < 4.78 is 5.20. The second kappa shape index (κ2) is 5.59. The first-order chi connectivity index (χ1) is 9.42. The van der Waals surface area contributed by atoms with Gasteiger partial charge in [-0.25, -0.2) is 4.79 Å². The largest absolute Gasteiger partial charge is 0.465 e. The van der Waals surface area contributed by atoms with Crippen molar-refractivity contribution in [3.05, 3.63) is 43.7 Å². The Kier molecular flexibility index (Phi) is 4.05. The number of benzene rings is 1. The number of carbonyl (C=O) groups is 1. The monoisotopic (exact) mass is 356 g/mol. The van der Waals surface area contributed by atoms with Gasteiger partial charge >= 0.3 is 5.97 Å². The summed E-state index contributed by atoms with van der Waals surface area (Å²) in [6, 6.07) is 6.15. The van der Waals surface area contributed by atoms with E-state index in [0.29, 0.717) is 20.6 Å². The molecule has 0 unspecified atom stereocenters. The van der Waals surface area contributed by atoms with Crippen molar-refractivity contribution in [3.8, 4) is 10.4 Å². The van der Waals surface area contributed by atoms with Crippen molar-refractivity contribution in [3.63, 3.8) is 0 Å². The van der Waals surface area contributed by atoms with Gasteiger partial charge in [-0.3, -0.25) is 10.1 Å². The highest BCUT2D eigenvalue weighted by Gasteiger charge is 2.17. The minimum atomic E-state index is -0.525. The number of thiophene rings is 1. The first-order valence-electron chi connectivity index (χ1n) is 5.35. The Labute approximate surface area is 126 Å². The van der Waals surface area contributed by atoms with Crippen molar-refractivity contribution >= 4 is 44.6 Å². The van der Waals surface area contributed by atoms with Gasteiger partial charge in [-0.05, 0) is 17.7 Å². The predicted molar refractivity (Wildman–Crippen MR) is 79.9 cm³/mol. The van der Waals surface area contributed by atoms with Crippen LogP contribution in [0.3, 0.4) is 0 Å². The van der Waals surface area contributed by atoms with E-state index < -0.39 is 10.9 Å². The fourth-order valence-corrected chi connectivity index (χ4v) is 3.09. The molecule has 2 aromatic rings. The molecule has 0 atom stereocenters. The first-order valence-corrected chi connectivity index (χ1v) is 6.96. The lowest BCUT2D eigenvalue weighted by molar-refractivity contribution is -0.384. The molecule has 104 valence electrons. The molecule has 0 saturated heterocycles. The maximum absolute atomic E-state index is 11.5. The maximum Gasteiger partial charge on any atom is 0.350 e. The zero-order valence-corrected chi connectivity index (χ0v) is 12.7. The van der Waals surface area contributed by atoms with E-state index in [9.17, 15) is 14.9 Å². The zero-order valence-electron chi connectivity index (χ0n) is 10.3. The number of nitrogen functional groups attached to an aromatic ring is 1. The summed E-state index contributed by atoms with van der Waals surface area (Å²) in [4.78, 5) is 22.8. The molecular formula is C12H9BrN2O4S. The van der Waals surface area contributed by atoms with Crippen LogP contribution in [-0.2, 0) is 4.74 Å². The van der Waals surface area contributed by atoms with E-state index in [4.69, 9.17) is 5.73 Å². The Morgan fingerprint density at radius 2 is 2.10 bits per heavy atom. The van der Waals surface area contributed by atoms with Gasteiger partial charge in [-0.1, -0.05) is 15.9 Å². The van der Waals surface area contributed by atoms with Gasteiger partial charge in [0.05, 0.1) is 17.7 Å². The number of halogens is 1. The van der Waals surface area contributed by atoms with Crippen molar-refractivity contribution in [2.45, 2.75) is 0 Å². The van der Waals surface area contributed by atoms with Crippen LogP contribution in [0.2, 0.25) is 0 Å². The molecule has 0 amide bonds.